The van der Waals surface area contributed by atoms with Crippen molar-refractivity contribution in [2.45, 2.75) is 44.6 Å². The molecule has 4 aromatic rings. The summed E-state index contributed by atoms with van der Waals surface area (Å²) in [5.74, 6) is 3.02. The zero-order chi connectivity index (χ0) is 25.1. The second-order valence-corrected chi connectivity index (χ2v) is 9.56. The van der Waals surface area contributed by atoms with Crippen LogP contribution < -0.4 is 25.7 Å². The first-order valence-electron chi connectivity index (χ1n) is 12.5. The summed E-state index contributed by atoms with van der Waals surface area (Å²) in [4.78, 5) is 13.6. The molecule has 0 saturated heterocycles. The number of nitrogens with zero attached hydrogens (tertiary/aromatic N) is 3. The molecule has 0 spiro atoms. The van der Waals surface area contributed by atoms with Gasteiger partial charge in [-0.2, -0.15) is 0 Å². The molecule has 0 bridgehead atoms. The fraction of sp³-hybridized carbons (Fsp3) is 0.393. The van der Waals surface area contributed by atoms with Crippen molar-refractivity contribution < 1.29 is 14.2 Å². The molecule has 8 heteroatoms. The molecule has 188 valence electrons. The Morgan fingerprint density at radius 3 is 2.47 bits per heavy atom. The molecule has 0 unspecified atom stereocenters. The second-order valence-electron chi connectivity index (χ2n) is 9.56. The van der Waals surface area contributed by atoms with Gasteiger partial charge in [-0.3, -0.25) is 9.97 Å². The van der Waals surface area contributed by atoms with Gasteiger partial charge in [0.05, 0.1) is 31.6 Å². The molecule has 4 N–H and O–H groups in total. The summed E-state index contributed by atoms with van der Waals surface area (Å²) in [6.07, 6.45) is 12.8. The summed E-state index contributed by atoms with van der Waals surface area (Å²) in [6.45, 7) is 0.465. The lowest BCUT2D eigenvalue weighted by atomic mass is 9.85. The van der Waals surface area contributed by atoms with Crippen LogP contribution >= 0.6 is 0 Å². The number of benzene rings is 1. The highest BCUT2D eigenvalue weighted by molar-refractivity contribution is 6.10. The van der Waals surface area contributed by atoms with Gasteiger partial charge in [-0.1, -0.05) is 32.1 Å². The lowest BCUT2D eigenvalue weighted by Crippen LogP contribution is -2.31. The van der Waals surface area contributed by atoms with E-state index in [2.05, 4.69) is 15.0 Å². The zero-order valence-electron chi connectivity index (χ0n) is 20.9. The maximum Gasteiger partial charge on any atom is 0.162 e. The van der Waals surface area contributed by atoms with Crippen LogP contribution in [0.3, 0.4) is 0 Å². The maximum atomic E-state index is 6.38. The molecule has 8 nitrogen and oxygen atoms in total. The lowest BCUT2D eigenvalue weighted by Gasteiger charge is -2.24. The molecule has 1 aliphatic rings. The van der Waals surface area contributed by atoms with E-state index in [1.54, 1.807) is 32.8 Å². The molecule has 1 atom stereocenters. The molecule has 0 amide bonds. The molecule has 3 heterocycles. The summed E-state index contributed by atoms with van der Waals surface area (Å²) in [5, 5.41) is 2.59. The third-order valence-electron chi connectivity index (χ3n) is 7.05. The molecule has 1 aromatic carbocycles. The van der Waals surface area contributed by atoms with Gasteiger partial charge >= 0.3 is 0 Å². The predicted molar refractivity (Wildman–Crippen MR) is 142 cm³/mol. The Bertz CT molecular complexity index is 1370. The number of pyridine rings is 3. The number of rotatable bonds is 8. The summed E-state index contributed by atoms with van der Waals surface area (Å²) in [6, 6.07) is 7.71. The first-order valence-corrected chi connectivity index (χ1v) is 12.5. The highest BCUT2D eigenvalue weighted by atomic mass is 16.5. The Hall–Kier alpha value is -3.65. The van der Waals surface area contributed by atoms with Gasteiger partial charge in [0, 0.05) is 40.8 Å². The van der Waals surface area contributed by atoms with Gasteiger partial charge in [-0.05, 0) is 35.9 Å². The topological polar surface area (TPSA) is 118 Å². The molecule has 1 aliphatic carbocycles. The van der Waals surface area contributed by atoms with Crippen LogP contribution in [0.1, 0.15) is 38.5 Å². The molecular weight excluding hydrogens is 454 g/mol. The molecule has 36 heavy (non-hydrogen) atoms. The summed E-state index contributed by atoms with van der Waals surface area (Å²) < 4.78 is 17.0. The van der Waals surface area contributed by atoms with Crippen molar-refractivity contribution in [2.24, 2.45) is 11.7 Å². The van der Waals surface area contributed by atoms with Crippen LogP contribution in [0.15, 0.2) is 42.9 Å². The first-order chi connectivity index (χ1) is 17.6. The lowest BCUT2D eigenvalue weighted by molar-refractivity contribution is 0.243. The highest BCUT2D eigenvalue weighted by Crippen LogP contribution is 2.37. The Balaban J connectivity index is 1.42. The van der Waals surface area contributed by atoms with Crippen molar-refractivity contribution in [3.05, 3.63) is 42.9 Å². The van der Waals surface area contributed by atoms with E-state index in [9.17, 15) is 0 Å². The monoisotopic (exact) mass is 487 g/mol. The van der Waals surface area contributed by atoms with Crippen molar-refractivity contribution in [3.63, 3.8) is 0 Å². The van der Waals surface area contributed by atoms with E-state index in [4.69, 9.17) is 25.7 Å². The van der Waals surface area contributed by atoms with Gasteiger partial charge in [0.15, 0.2) is 11.5 Å². The SMILES string of the molecule is COc1cc2ncc3c(N)nc(-c4cncc(OC[C@@H](N)CC5CCCCC5)c4)cc3c2cc1OC. The van der Waals surface area contributed by atoms with E-state index in [0.717, 1.165) is 39.6 Å². The number of nitrogen functional groups attached to an aromatic ring is 1. The van der Waals surface area contributed by atoms with E-state index in [1.807, 2.05) is 24.3 Å². The number of aromatic nitrogens is 3. The minimum Gasteiger partial charge on any atom is -0.493 e. The third kappa shape index (κ3) is 4.99. The predicted octanol–water partition coefficient (Wildman–Crippen LogP) is 5.12. The molecule has 1 fully saturated rings. The Kier molecular flexibility index (Phi) is 7.04. The van der Waals surface area contributed by atoms with Gasteiger partial charge in [0.25, 0.3) is 0 Å². The van der Waals surface area contributed by atoms with E-state index >= 15 is 0 Å². The summed E-state index contributed by atoms with van der Waals surface area (Å²) in [5.41, 5.74) is 15.0. The molecule has 0 radical (unpaired) electrons. The van der Waals surface area contributed by atoms with E-state index in [0.29, 0.717) is 35.4 Å². The smallest absolute Gasteiger partial charge is 0.162 e. The first kappa shape index (κ1) is 24.1. The quantitative estimate of drug-likeness (QED) is 0.329. The summed E-state index contributed by atoms with van der Waals surface area (Å²) in [7, 11) is 3.22. The van der Waals surface area contributed by atoms with Crippen molar-refractivity contribution in [3.8, 4) is 28.5 Å². The van der Waals surface area contributed by atoms with Crippen molar-refractivity contribution in [1.29, 1.82) is 0 Å². The van der Waals surface area contributed by atoms with Crippen molar-refractivity contribution in [1.82, 2.24) is 15.0 Å². The number of fused-ring (bicyclic) bond motifs is 3. The summed E-state index contributed by atoms with van der Waals surface area (Å²) >= 11 is 0. The average Bonchev–Trinajstić information content (AvgIpc) is 2.91. The fourth-order valence-corrected chi connectivity index (χ4v) is 5.17. The minimum absolute atomic E-state index is 0.0111. The molecule has 1 saturated carbocycles. The van der Waals surface area contributed by atoms with Crippen LogP contribution in [0, 0.1) is 5.92 Å². The Labute approximate surface area is 211 Å². The van der Waals surface area contributed by atoms with Gasteiger partial charge in [0.2, 0.25) is 0 Å². The number of anilines is 1. The van der Waals surface area contributed by atoms with Crippen molar-refractivity contribution in [2.75, 3.05) is 26.6 Å². The largest absolute Gasteiger partial charge is 0.493 e. The standard InChI is InChI=1S/C28H33N5O3/c1-34-26-11-22-21-10-24(33-28(30)23(21)15-32-25(22)12-27(26)35-2)18-9-20(14-31-13-18)36-16-19(29)8-17-6-4-3-5-7-17/h9-15,17,19H,3-8,16,29H2,1-2H3,(H2,30,33)/t19-/m0/s1. The third-order valence-corrected chi connectivity index (χ3v) is 7.05. The van der Waals surface area contributed by atoms with Gasteiger partial charge in [-0.25, -0.2) is 4.98 Å². The van der Waals surface area contributed by atoms with Crippen molar-refractivity contribution >= 4 is 27.5 Å². The second kappa shape index (κ2) is 10.5. The number of nitrogens with two attached hydrogens (primary N) is 2. The normalized spacial score (nSPS) is 15.2. The molecule has 5 rings (SSSR count). The molecule has 0 aliphatic heterocycles. The zero-order valence-corrected chi connectivity index (χ0v) is 20.9. The Morgan fingerprint density at radius 2 is 1.69 bits per heavy atom. The number of hydrogen-bond acceptors (Lipinski definition) is 8. The van der Waals surface area contributed by atoms with Gasteiger partial charge < -0.3 is 25.7 Å². The highest BCUT2D eigenvalue weighted by Gasteiger charge is 2.18. The van der Waals surface area contributed by atoms with Crippen LogP contribution in [0.5, 0.6) is 17.2 Å². The fourth-order valence-electron chi connectivity index (χ4n) is 5.17. The van der Waals surface area contributed by atoms with Gasteiger partial charge in [0.1, 0.15) is 18.2 Å². The van der Waals surface area contributed by atoms with Crippen LogP contribution in [0.25, 0.3) is 32.9 Å². The Morgan fingerprint density at radius 1 is 0.917 bits per heavy atom. The van der Waals surface area contributed by atoms with Crippen LogP contribution in [-0.2, 0) is 0 Å². The van der Waals surface area contributed by atoms with E-state index in [1.165, 1.54) is 32.1 Å². The van der Waals surface area contributed by atoms with Crippen LogP contribution in [0.2, 0.25) is 0 Å². The van der Waals surface area contributed by atoms with Gasteiger partial charge in [-0.15, -0.1) is 0 Å². The number of hydrogen-bond donors (Lipinski definition) is 2. The average molecular weight is 488 g/mol. The maximum absolute atomic E-state index is 6.38. The van der Waals surface area contributed by atoms with E-state index < -0.39 is 0 Å². The molecule has 3 aromatic heterocycles. The number of methoxy groups -OCH3 is 2. The number of ether oxygens (including phenoxy) is 3. The van der Waals surface area contributed by atoms with Crippen LogP contribution in [0.4, 0.5) is 5.82 Å². The van der Waals surface area contributed by atoms with Crippen LogP contribution in [-0.4, -0.2) is 41.8 Å². The van der Waals surface area contributed by atoms with E-state index in [-0.39, 0.29) is 6.04 Å². The minimum atomic E-state index is 0.0111. The molecular formula is C28H33N5O3.